The van der Waals surface area contributed by atoms with Crippen molar-refractivity contribution in [3.63, 3.8) is 0 Å². The van der Waals surface area contributed by atoms with Crippen LogP contribution >= 0.6 is 0 Å². The number of carbonyl (C=O) groups is 2. The zero-order valence-corrected chi connectivity index (χ0v) is 9.85. The Bertz CT molecular complexity index is 553. The molecule has 0 saturated heterocycles. The van der Waals surface area contributed by atoms with E-state index in [4.69, 9.17) is 0 Å². The minimum Gasteiger partial charge on any atom is -0.288 e. The molecule has 1 aromatic carbocycles. The summed E-state index contributed by atoms with van der Waals surface area (Å²) >= 11 is 0. The molecule has 0 aromatic heterocycles. The summed E-state index contributed by atoms with van der Waals surface area (Å²) in [6, 6.07) is 8.63. The smallest absolute Gasteiger partial charge is 0.258 e. The molecule has 0 spiro atoms. The average molecular weight is 239 g/mol. The van der Waals surface area contributed by atoms with Crippen LogP contribution in [-0.4, -0.2) is 11.8 Å². The lowest BCUT2D eigenvalue weighted by atomic mass is 9.99. The molecule has 3 nitrogen and oxygen atoms in total. The monoisotopic (exact) mass is 239 g/mol. The van der Waals surface area contributed by atoms with E-state index in [1.54, 1.807) is 36.4 Å². The minimum atomic E-state index is -0.404. The summed E-state index contributed by atoms with van der Waals surface area (Å²) in [4.78, 5) is 23.7. The molecule has 0 bridgehead atoms. The van der Waals surface area contributed by atoms with Crippen LogP contribution in [0.25, 0.3) is 0 Å². The molecule has 0 saturated carbocycles. The third kappa shape index (κ3) is 2.63. The van der Waals surface area contributed by atoms with Crippen molar-refractivity contribution in [3.8, 4) is 0 Å². The molecule has 2 amide bonds. The van der Waals surface area contributed by atoms with Gasteiger partial charge < -0.3 is 0 Å². The van der Waals surface area contributed by atoms with Gasteiger partial charge in [-0.25, -0.2) is 0 Å². The molecule has 1 aromatic rings. The van der Waals surface area contributed by atoms with Gasteiger partial charge >= 0.3 is 0 Å². The largest absolute Gasteiger partial charge is 0.288 e. The van der Waals surface area contributed by atoms with Gasteiger partial charge in [0.05, 0.1) is 0 Å². The van der Waals surface area contributed by atoms with Crippen molar-refractivity contribution in [2.75, 3.05) is 0 Å². The van der Waals surface area contributed by atoms with Crippen molar-refractivity contribution in [2.45, 2.75) is 6.42 Å². The number of hydrogen-bond acceptors (Lipinski definition) is 2. The van der Waals surface area contributed by atoms with Crippen LogP contribution in [0.1, 0.15) is 16.8 Å². The van der Waals surface area contributed by atoms with Gasteiger partial charge in [0.2, 0.25) is 0 Å². The van der Waals surface area contributed by atoms with Gasteiger partial charge in [-0.05, 0) is 30.2 Å². The Hall–Kier alpha value is -2.42. The lowest BCUT2D eigenvalue weighted by Crippen LogP contribution is -2.32. The van der Waals surface area contributed by atoms with Crippen LogP contribution in [0.2, 0.25) is 0 Å². The number of rotatable bonds is 2. The number of imide groups is 1. The van der Waals surface area contributed by atoms with Gasteiger partial charge in [-0.15, -0.1) is 0 Å². The van der Waals surface area contributed by atoms with Crippen molar-refractivity contribution >= 4 is 11.8 Å². The second-order valence-electron chi connectivity index (χ2n) is 3.97. The van der Waals surface area contributed by atoms with Crippen molar-refractivity contribution in [2.24, 2.45) is 0 Å². The summed E-state index contributed by atoms with van der Waals surface area (Å²) in [6.45, 7) is 3.81. The summed E-state index contributed by atoms with van der Waals surface area (Å²) < 4.78 is 0. The van der Waals surface area contributed by atoms with Gasteiger partial charge in [-0.3, -0.25) is 14.9 Å². The Morgan fingerprint density at radius 2 is 1.83 bits per heavy atom. The molecule has 0 aliphatic heterocycles. The van der Waals surface area contributed by atoms with Crippen LogP contribution in [0.15, 0.2) is 66.3 Å². The van der Waals surface area contributed by atoms with Gasteiger partial charge in [0, 0.05) is 11.1 Å². The highest BCUT2D eigenvalue weighted by molar-refractivity contribution is 6.11. The number of carbonyl (C=O) groups excluding carboxylic acids is 2. The van der Waals surface area contributed by atoms with E-state index in [-0.39, 0.29) is 0 Å². The topological polar surface area (TPSA) is 46.2 Å². The lowest BCUT2D eigenvalue weighted by molar-refractivity contribution is -0.116. The molecule has 0 unspecified atom stereocenters. The van der Waals surface area contributed by atoms with Gasteiger partial charge in [0.15, 0.2) is 0 Å². The third-order valence-electron chi connectivity index (χ3n) is 2.65. The van der Waals surface area contributed by atoms with Crippen molar-refractivity contribution in [3.05, 3.63) is 71.8 Å². The molecular formula is C15H13NO2. The number of allylic oxidation sites excluding steroid dienone is 3. The number of benzene rings is 1. The fourth-order valence-corrected chi connectivity index (χ4v) is 1.67. The maximum absolute atomic E-state index is 11.9. The first-order valence-electron chi connectivity index (χ1n) is 5.64. The molecule has 1 N–H and O–H groups in total. The maximum atomic E-state index is 11.9. The summed E-state index contributed by atoms with van der Waals surface area (Å²) in [5.74, 6) is -0.804. The molecule has 90 valence electrons. The highest BCUT2D eigenvalue weighted by Gasteiger charge is 2.16. The fraction of sp³-hybridized carbons (Fsp3) is 0.0667. The zero-order chi connectivity index (χ0) is 13.0. The quantitative estimate of drug-likeness (QED) is 0.805. The van der Waals surface area contributed by atoms with E-state index >= 15 is 0 Å². The van der Waals surface area contributed by atoms with Crippen molar-refractivity contribution in [1.82, 2.24) is 5.32 Å². The fourth-order valence-electron chi connectivity index (χ4n) is 1.67. The molecule has 0 radical (unpaired) electrons. The third-order valence-corrected chi connectivity index (χ3v) is 2.65. The van der Waals surface area contributed by atoms with E-state index in [1.807, 2.05) is 12.1 Å². The summed E-state index contributed by atoms with van der Waals surface area (Å²) in [7, 11) is 0. The molecular weight excluding hydrogens is 226 g/mol. The van der Waals surface area contributed by atoms with E-state index < -0.39 is 11.8 Å². The van der Waals surface area contributed by atoms with Gasteiger partial charge in [-0.2, -0.15) is 0 Å². The van der Waals surface area contributed by atoms with Crippen LogP contribution in [-0.2, 0) is 4.79 Å². The Kier molecular flexibility index (Phi) is 3.53. The molecule has 18 heavy (non-hydrogen) atoms. The standard InChI is InChI=1S/C15H13NO2/c1-11-7-5-6-10-13(11)15(18)16-14(17)12-8-3-2-4-9-12/h2-6,8-10H,1,7H2,(H,16,17,18). The zero-order valence-electron chi connectivity index (χ0n) is 9.85. The number of nitrogens with one attached hydrogen (secondary N) is 1. The van der Waals surface area contributed by atoms with Gasteiger partial charge in [0.25, 0.3) is 11.8 Å². The summed E-state index contributed by atoms with van der Waals surface area (Å²) in [6.07, 6.45) is 6.01. The van der Waals surface area contributed by atoms with Crippen molar-refractivity contribution < 1.29 is 9.59 Å². The Morgan fingerprint density at radius 3 is 2.50 bits per heavy atom. The van der Waals surface area contributed by atoms with Crippen LogP contribution in [0.4, 0.5) is 0 Å². The van der Waals surface area contributed by atoms with Gasteiger partial charge in [0.1, 0.15) is 0 Å². The Labute approximate surface area is 106 Å². The Morgan fingerprint density at radius 1 is 1.11 bits per heavy atom. The van der Waals surface area contributed by atoms with Crippen LogP contribution in [0.5, 0.6) is 0 Å². The highest BCUT2D eigenvalue weighted by Crippen LogP contribution is 2.17. The predicted molar refractivity (Wildman–Crippen MR) is 69.9 cm³/mol. The van der Waals surface area contributed by atoms with Crippen LogP contribution < -0.4 is 5.32 Å². The molecule has 0 atom stereocenters. The SMILES string of the molecule is C=C1CC=CC=C1C(=O)NC(=O)c1ccccc1. The molecule has 3 heteroatoms. The summed E-state index contributed by atoms with van der Waals surface area (Å²) in [5, 5.41) is 2.36. The average Bonchev–Trinajstić information content (AvgIpc) is 2.40. The molecule has 0 heterocycles. The Balaban J connectivity index is 2.09. The van der Waals surface area contributed by atoms with E-state index in [2.05, 4.69) is 11.9 Å². The van der Waals surface area contributed by atoms with Crippen molar-refractivity contribution in [1.29, 1.82) is 0 Å². The number of hydrogen-bond donors (Lipinski definition) is 1. The molecule has 2 rings (SSSR count). The number of amides is 2. The van der Waals surface area contributed by atoms with E-state index in [0.29, 0.717) is 17.6 Å². The molecule has 1 aliphatic carbocycles. The van der Waals surface area contributed by atoms with Gasteiger partial charge in [-0.1, -0.05) is 36.9 Å². The highest BCUT2D eigenvalue weighted by atomic mass is 16.2. The molecule has 0 fully saturated rings. The minimum absolute atomic E-state index is 0.399. The van der Waals surface area contributed by atoms with E-state index in [9.17, 15) is 9.59 Å². The second kappa shape index (κ2) is 5.27. The first kappa shape index (κ1) is 12.0. The first-order valence-corrected chi connectivity index (χ1v) is 5.64. The van der Waals surface area contributed by atoms with Crippen LogP contribution in [0.3, 0.4) is 0 Å². The second-order valence-corrected chi connectivity index (χ2v) is 3.97. The van der Waals surface area contributed by atoms with Crippen LogP contribution in [0, 0.1) is 0 Å². The maximum Gasteiger partial charge on any atom is 0.258 e. The van der Waals surface area contributed by atoms with E-state index in [1.165, 1.54) is 0 Å². The normalized spacial score (nSPS) is 14.0. The molecule has 1 aliphatic rings. The first-order chi connectivity index (χ1) is 8.68. The lowest BCUT2D eigenvalue weighted by Gasteiger charge is -2.11. The van der Waals surface area contributed by atoms with E-state index in [0.717, 1.165) is 5.57 Å². The predicted octanol–water partition coefficient (Wildman–Crippen LogP) is 2.39. The summed E-state index contributed by atoms with van der Waals surface area (Å²) in [5.41, 5.74) is 1.64.